The molecule has 0 spiro atoms. The Morgan fingerprint density at radius 3 is 2.94 bits per heavy atom. The number of amides is 1. The minimum atomic E-state index is -0.00604. The molecule has 2 N–H and O–H groups in total. The quantitative estimate of drug-likeness (QED) is 0.883. The molecule has 2 unspecified atom stereocenters. The second-order valence-electron chi connectivity index (χ2n) is 4.96. The van der Waals surface area contributed by atoms with Crippen molar-refractivity contribution >= 4 is 21.8 Å². The standard InChI is InChI=1S/C13H19BrN2O/c1-9-4-2-3-5-10(9)7-16-13(17)12-6-11(14)8-15-12/h6,8-10,15H,2-5,7H2,1H3,(H,16,17). The molecule has 1 saturated carbocycles. The van der Waals surface area contributed by atoms with Crippen LogP contribution in [0.5, 0.6) is 0 Å². The molecule has 1 aromatic rings. The average Bonchev–Trinajstić information content (AvgIpc) is 2.74. The molecule has 0 aliphatic heterocycles. The Morgan fingerprint density at radius 2 is 2.29 bits per heavy atom. The van der Waals surface area contributed by atoms with Crippen molar-refractivity contribution in [1.82, 2.24) is 10.3 Å². The molecule has 1 fully saturated rings. The molecule has 4 heteroatoms. The Labute approximate surface area is 110 Å². The van der Waals surface area contributed by atoms with Crippen LogP contribution in [0.3, 0.4) is 0 Å². The summed E-state index contributed by atoms with van der Waals surface area (Å²) in [6.07, 6.45) is 6.97. The third kappa shape index (κ3) is 3.35. The minimum Gasteiger partial charge on any atom is -0.356 e. The van der Waals surface area contributed by atoms with Crippen molar-refractivity contribution in [2.24, 2.45) is 11.8 Å². The number of halogens is 1. The van der Waals surface area contributed by atoms with Crippen LogP contribution in [0.25, 0.3) is 0 Å². The predicted octanol–water partition coefficient (Wildman–Crippen LogP) is 3.33. The van der Waals surface area contributed by atoms with Crippen LogP contribution in [-0.2, 0) is 0 Å². The fourth-order valence-electron chi connectivity index (χ4n) is 2.51. The third-order valence-corrected chi connectivity index (χ3v) is 4.16. The summed E-state index contributed by atoms with van der Waals surface area (Å²) >= 11 is 3.33. The van der Waals surface area contributed by atoms with Crippen molar-refractivity contribution in [2.45, 2.75) is 32.6 Å². The molecule has 94 valence electrons. The molecule has 1 heterocycles. The summed E-state index contributed by atoms with van der Waals surface area (Å²) in [5.74, 6) is 1.37. The van der Waals surface area contributed by atoms with Gasteiger partial charge in [0.15, 0.2) is 0 Å². The van der Waals surface area contributed by atoms with Crippen LogP contribution in [0.15, 0.2) is 16.7 Å². The Kier molecular flexibility index (Phi) is 4.26. The Hall–Kier alpha value is -0.770. The summed E-state index contributed by atoms with van der Waals surface area (Å²) in [7, 11) is 0. The van der Waals surface area contributed by atoms with Crippen LogP contribution in [0, 0.1) is 11.8 Å². The van der Waals surface area contributed by atoms with Crippen molar-refractivity contribution in [3.05, 3.63) is 22.4 Å². The number of carbonyl (C=O) groups excluding carboxylic acids is 1. The van der Waals surface area contributed by atoms with Crippen LogP contribution in [0.4, 0.5) is 0 Å². The molecule has 1 amide bonds. The van der Waals surface area contributed by atoms with Crippen molar-refractivity contribution in [3.8, 4) is 0 Å². The van der Waals surface area contributed by atoms with E-state index in [2.05, 4.69) is 33.2 Å². The zero-order chi connectivity index (χ0) is 12.3. The van der Waals surface area contributed by atoms with Gasteiger partial charge in [0, 0.05) is 17.2 Å². The molecule has 1 aromatic heterocycles. The lowest BCUT2D eigenvalue weighted by Crippen LogP contribution is -2.33. The summed E-state index contributed by atoms with van der Waals surface area (Å²) in [5.41, 5.74) is 0.625. The van der Waals surface area contributed by atoms with E-state index in [1.165, 1.54) is 25.7 Å². The van der Waals surface area contributed by atoms with Gasteiger partial charge in [-0.25, -0.2) is 0 Å². The summed E-state index contributed by atoms with van der Waals surface area (Å²) in [6.45, 7) is 3.10. The molecule has 1 aliphatic rings. The van der Waals surface area contributed by atoms with E-state index in [9.17, 15) is 4.79 Å². The zero-order valence-electron chi connectivity index (χ0n) is 10.1. The van der Waals surface area contributed by atoms with Gasteiger partial charge in [0.1, 0.15) is 5.69 Å². The van der Waals surface area contributed by atoms with E-state index in [1.807, 2.05) is 0 Å². The minimum absolute atomic E-state index is 0.00604. The Morgan fingerprint density at radius 1 is 1.53 bits per heavy atom. The number of H-pyrrole nitrogens is 1. The molecule has 2 rings (SSSR count). The van der Waals surface area contributed by atoms with E-state index in [0.29, 0.717) is 11.6 Å². The van der Waals surface area contributed by atoms with Crippen molar-refractivity contribution in [1.29, 1.82) is 0 Å². The first-order chi connectivity index (χ1) is 8.16. The first-order valence-corrected chi connectivity index (χ1v) is 7.08. The van der Waals surface area contributed by atoms with E-state index < -0.39 is 0 Å². The topological polar surface area (TPSA) is 44.9 Å². The summed E-state index contributed by atoms with van der Waals surface area (Å²) in [6, 6.07) is 1.81. The van der Waals surface area contributed by atoms with Gasteiger partial charge in [-0.2, -0.15) is 0 Å². The van der Waals surface area contributed by atoms with Crippen LogP contribution in [-0.4, -0.2) is 17.4 Å². The molecule has 0 bridgehead atoms. The molecule has 0 aromatic carbocycles. The maximum atomic E-state index is 11.8. The average molecular weight is 299 g/mol. The highest BCUT2D eigenvalue weighted by atomic mass is 79.9. The maximum absolute atomic E-state index is 11.8. The highest BCUT2D eigenvalue weighted by molar-refractivity contribution is 9.10. The molecule has 0 saturated heterocycles. The van der Waals surface area contributed by atoms with Crippen LogP contribution >= 0.6 is 15.9 Å². The normalized spacial score (nSPS) is 24.6. The van der Waals surface area contributed by atoms with Gasteiger partial charge in [-0.15, -0.1) is 0 Å². The monoisotopic (exact) mass is 298 g/mol. The van der Waals surface area contributed by atoms with Crippen LogP contribution in [0.1, 0.15) is 43.1 Å². The van der Waals surface area contributed by atoms with Gasteiger partial charge in [0.2, 0.25) is 0 Å². The SMILES string of the molecule is CC1CCCCC1CNC(=O)c1cc(Br)c[nH]1. The van der Waals surface area contributed by atoms with Crippen molar-refractivity contribution < 1.29 is 4.79 Å². The zero-order valence-corrected chi connectivity index (χ0v) is 11.7. The molecule has 2 atom stereocenters. The van der Waals surface area contributed by atoms with Gasteiger partial charge in [0.05, 0.1) is 0 Å². The number of aromatic amines is 1. The lowest BCUT2D eigenvalue weighted by atomic mass is 9.80. The fourth-order valence-corrected chi connectivity index (χ4v) is 2.86. The Balaban J connectivity index is 1.83. The van der Waals surface area contributed by atoms with E-state index >= 15 is 0 Å². The number of hydrogen-bond acceptors (Lipinski definition) is 1. The molecule has 1 aliphatic carbocycles. The van der Waals surface area contributed by atoms with Crippen LogP contribution in [0.2, 0.25) is 0 Å². The first kappa shape index (κ1) is 12.7. The number of hydrogen-bond donors (Lipinski definition) is 2. The van der Waals surface area contributed by atoms with Gasteiger partial charge in [-0.05, 0) is 40.3 Å². The Bertz CT molecular complexity index is 389. The molecule has 3 nitrogen and oxygen atoms in total. The largest absolute Gasteiger partial charge is 0.356 e. The highest BCUT2D eigenvalue weighted by Gasteiger charge is 2.21. The van der Waals surface area contributed by atoms with Gasteiger partial charge in [-0.3, -0.25) is 4.79 Å². The molecule has 17 heavy (non-hydrogen) atoms. The second-order valence-corrected chi connectivity index (χ2v) is 5.88. The van der Waals surface area contributed by atoms with Gasteiger partial charge in [-0.1, -0.05) is 26.2 Å². The second kappa shape index (κ2) is 5.71. The lowest BCUT2D eigenvalue weighted by molar-refractivity contribution is 0.0932. The number of rotatable bonds is 3. The number of carbonyl (C=O) groups is 1. The fraction of sp³-hybridized carbons (Fsp3) is 0.615. The van der Waals surface area contributed by atoms with Crippen LogP contribution < -0.4 is 5.32 Å². The maximum Gasteiger partial charge on any atom is 0.267 e. The van der Waals surface area contributed by atoms with E-state index in [1.54, 1.807) is 12.3 Å². The summed E-state index contributed by atoms with van der Waals surface area (Å²) < 4.78 is 0.911. The first-order valence-electron chi connectivity index (χ1n) is 6.29. The summed E-state index contributed by atoms with van der Waals surface area (Å²) in [4.78, 5) is 14.8. The van der Waals surface area contributed by atoms with E-state index in [0.717, 1.165) is 16.9 Å². The van der Waals surface area contributed by atoms with Gasteiger partial charge < -0.3 is 10.3 Å². The third-order valence-electron chi connectivity index (χ3n) is 3.71. The van der Waals surface area contributed by atoms with Gasteiger partial charge in [0.25, 0.3) is 5.91 Å². The summed E-state index contributed by atoms with van der Waals surface area (Å²) in [5, 5.41) is 3.02. The van der Waals surface area contributed by atoms with Crippen molar-refractivity contribution in [2.75, 3.05) is 6.54 Å². The lowest BCUT2D eigenvalue weighted by Gasteiger charge is -2.28. The number of aromatic nitrogens is 1. The van der Waals surface area contributed by atoms with E-state index in [4.69, 9.17) is 0 Å². The smallest absolute Gasteiger partial charge is 0.267 e. The number of nitrogens with one attached hydrogen (secondary N) is 2. The molecular formula is C13H19BrN2O. The molecule has 0 radical (unpaired) electrons. The molecular weight excluding hydrogens is 280 g/mol. The van der Waals surface area contributed by atoms with E-state index in [-0.39, 0.29) is 5.91 Å². The van der Waals surface area contributed by atoms with Gasteiger partial charge >= 0.3 is 0 Å². The predicted molar refractivity (Wildman–Crippen MR) is 71.9 cm³/mol. The van der Waals surface area contributed by atoms with Crippen molar-refractivity contribution in [3.63, 3.8) is 0 Å². The highest BCUT2D eigenvalue weighted by Crippen LogP contribution is 2.28.